The number of nitrogens with one attached hydrogen (secondary N) is 1. The predicted molar refractivity (Wildman–Crippen MR) is 70.0 cm³/mol. The van der Waals surface area contributed by atoms with E-state index in [2.05, 4.69) is 12.2 Å². The van der Waals surface area contributed by atoms with Crippen molar-refractivity contribution in [2.24, 2.45) is 5.92 Å². The smallest absolute Gasteiger partial charge is 0.331 e. The highest BCUT2D eigenvalue weighted by Crippen LogP contribution is 2.26. The van der Waals surface area contributed by atoms with Crippen LogP contribution in [0.4, 0.5) is 0 Å². The third-order valence-corrected chi connectivity index (χ3v) is 3.82. The Hall–Kier alpha value is -0.830. The Bertz CT molecular complexity index is 273. The topological polar surface area (TPSA) is 49.3 Å². The van der Waals surface area contributed by atoms with Gasteiger partial charge in [0.25, 0.3) is 0 Å². The second-order valence-corrected chi connectivity index (χ2v) is 4.86. The molecule has 2 N–H and O–H groups in total. The Morgan fingerprint density at radius 1 is 1.35 bits per heavy atom. The van der Waals surface area contributed by atoms with Crippen LogP contribution in [0.3, 0.4) is 0 Å². The van der Waals surface area contributed by atoms with Gasteiger partial charge in [0.15, 0.2) is 0 Å². The SMILES string of the molecule is CC/C(=C/CNC1CCCCC1CC)C(=O)O. The van der Waals surface area contributed by atoms with Gasteiger partial charge in [-0.2, -0.15) is 0 Å². The van der Waals surface area contributed by atoms with Crippen molar-refractivity contribution in [1.82, 2.24) is 5.32 Å². The van der Waals surface area contributed by atoms with Crippen molar-refractivity contribution in [2.45, 2.75) is 58.4 Å². The third kappa shape index (κ3) is 4.50. The minimum absolute atomic E-state index is 0.515. The summed E-state index contributed by atoms with van der Waals surface area (Å²) in [4.78, 5) is 10.8. The van der Waals surface area contributed by atoms with Crippen LogP contribution in [-0.2, 0) is 4.79 Å². The lowest BCUT2D eigenvalue weighted by molar-refractivity contribution is -0.132. The summed E-state index contributed by atoms with van der Waals surface area (Å²) in [5.41, 5.74) is 0.515. The zero-order valence-electron chi connectivity index (χ0n) is 11.0. The molecule has 1 fully saturated rings. The monoisotopic (exact) mass is 239 g/mol. The molecule has 98 valence electrons. The van der Waals surface area contributed by atoms with Crippen LogP contribution in [0.15, 0.2) is 11.6 Å². The lowest BCUT2D eigenvalue weighted by Crippen LogP contribution is -2.38. The summed E-state index contributed by atoms with van der Waals surface area (Å²) in [6, 6.07) is 0.580. The molecule has 0 bridgehead atoms. The highest BCUT2D eigenvalue weighted by molar-refractivity contribution is 5.86. The molecule has 1 aliphatic carbocycles. The number of carboxylic acid groups (broad SMARTS) is 1. The highest BCUT2D eigenvalue weighted by Gasteiger charge is 2.22. The molecule has 2 unspecified atom stereocenters. The van der Waals surface area contributed by atoms with Gasteiger partial charge in [-0.3, -0.25) is 0 Å². The first-order chi connectivity index (χ1) is 8.19. The maximum Gasteiger partial charge on any atom is 0.331 e. The molecule has 0 heterocycles. The normalized spacial score (nSPS) is 25.9. The van der Waals surface area contributed by atoms with Crippen molar-refractivity contribution in [2.75, 3.05) is 6.54 Å². The summed E-state index contributed by atoms with van der Waals surface area (Å²) in [5.74, 6) is -0.0166. The van der Waals surface area contributed by atoms with Crippen molar-refractivity contribution in [3.8, 4) is 0 Å². The Labute approximate surface area is 104 Å². The van der Waals surface area contributed by atoms with Gasteiger partial charge in [-0.1, -0.05) is 39.2 Å². The first-order valence-electron chi connectivity index (χ1n) is 6.84. The Balaban J connectivity index is 2.40. The minimum atomic E-state index is -0.787. The van der Waals surface area contributed by atoms with Crippen molar-refractivity contribution in [3.63, 3.8) is 0 Å². The molecule has 1 saturated carbocycles. The lowest BCUT2D eigenvalue weighted by atomic mass is 9.83. The van der Waals surface area contributed by atoms with Gasteiger partial charge in [-0.15, -0.1) is 0 Å². The first kappa shape index (κ1) is 14.2. The fourth-order valence-electron chi connectivity index (χ4n) is 2.68. The van der Waals surface area contributed by atoms with Crippen molar-refractivity contribution in [3.05, 3.63) is 11.6 Å². The molecule has 3 heteroatoms. The van der Waals surface area contributed by atoms with E-state index in [1.165, 1.54) is 32.1 Å². The molecule has 0 aromatic rings. The van der Waals surface area contributed by atoms with Crippen molar-refractivity contribution in [1.29, 1.82) is 0 Å². The number of carboxylic acids is 1. The van der Waals surface area contributed by atoms with Crippen LogP contribution in [0.25, 0.3) is 0 Å². The molecule has 1 aliphatic rings. The molecule has 1 rings (SSSR count). The van der Waals surface area contributed by atoms with E-state index in [9.17, 15) is 4.79 Å². The molecular weight excluding hydrogens is 214 g/mol. The Morgan fingerprint density at radius 2 is 2.06 bits per heavy atom. The van der Waals surface area contributed by atoms with Gasteiger partial charge in [-0.25, -0.2) is 4.79 Å². The molecule has 2 atom stereocenters. The molecule has 3 nitrogen and oxygen atoms in total. The summed E-state index contributed by atoms with van der Waals surface area (Å²) in [6.07, 6.45) is 8.85. The van der Waals surface area contributed by atoms with Gasteiger partial charge in [0, 0.05) is 18.2 Å². The summed E-state index contributed by atoms with van der Waals surface area (Å²) >= 11 is 0. The lowest BCUT2D eigenvalue weighted by Gasteiger charge is -2.31. The quantitative estimate of drug-likeness (QED) is 0.701. The average Bonchev–Trinajstić information content (AvgIpc) is 2.34. The predicted octanol–water partition coefficient (Wildman–Crippen LogP) is 2.97. The van der Waals surface area contributed by atoms with Crippen molar-refractivity contribution >= 4 is 5.97 Å². The molecule has 0 amide bonds. The minimum Gasteiger partial charge on any atom is -0.478 e. The third-order valence-electron chi connectivity index (χ3n) is 3.82. The number of hydrogen-bond donors (Lipinski definition) is 2. The maximum absolute atomic E-state index is 10.8. The van der Waals surface area contributed by atoms with Crippen LogP contribution in [-0.4, -0.2) is 23.7 Å². The number of carbonyl (C=O) groups is 1. The molecule has 0 aliphatic heterocycles. The summed E-state index contributed by atoms with van der Waals surface area (Å²) < 4.78 is 0. The summed E-state index contributed by atoms with van der Waals surface area (Å²) in [7, 11) is 0. The standard InChI is InChI=1S/C14H25NO2/c1-3-11-7-5-6-8-13(11)15-10-9-12(4-2)14(16)17/h9,11,13,15H,3-8,10H2,1-2H3,(H,16,17)/b12-9-. The van der Waals surface area contributed by atoms with Crippen LogP contribution in [0.5, 0.6) is 0 Å². The fourth-order valence-corrected chi connectivity index (χ4v) is 2.68. The second-order valence-electron chi connectivity index (χ2n) is 4.86. The van der Waals surface area contributed by atoms with Gasteiger partial charge >= 0.3 is 5.97 Å². The van der Waals surface area contributed by atoms with E-state index in [1.54, 1.807) is 0 Å². The van der Waals surface area contributed by atoms with Gasteiger partial charge < -0.3 is 10.4 Å². The van der Waals surface area contributed by atoms with Gasteiger partial charge in [0.05, 0.1) is 0 Å². The van der Waals surface area contributed by atoms with Crippen LogP contribution in [0.1, 0.15) is 52.4 Å². The number of hydrogen-bond acceptors (Lipinski definition) is 2. The van der Waals surface area contributed by atoms with Crippen LogP contribution in [0, 0.1) is 5.92 Å². The number of rotatable bonds is 6. The molecule has 0 saturated heterocycles. The maximum atomic E-state index is 10.8. The van der Waals surface area contributed by atoms with E-state index >= 15 is 0 Å². The van der Waals surface area contributed by atoms with E-state index in [4.69, 9.17) is 5.11 Å². The van der Waals surface area contributed by atoms with E-state index in [1.807, 2.05) is 13.0 Å². The average molecular weight is 239 g/mol. The van der Waals surface area contributed by atoms with Crippen molar-refractivity contribution < 1.29 is 9.90 Å². The van der Waals surface area contributed by atoms with E-state index in [0.29, 0.717) is 24.6 Å². The summed E-state index contributed by atoms with van der Waals surface area (Å²) in [5, 5.41) is 12.4. The van der Waals surface area contributed by atoms with Gasteiger partial charge in [0.1, 0.15) is 0 Å². The molecule has 0 aromatic carbocycles. The van der Waals surface area contributed by atoms with Gasteiger partial charge in [-0.05, 0) is 25.2 Å². The summed E-state index contributed by atoms with van der Waals surface area (Å²) in [6.45, 7) is 4.82. The zero-order chi connectivity index (χ0) is 12.7. The molecule has 0 aromatic heterocycles. The van der Waals surface area contributed by atoms with Crippen LogP contribution >= 0.6 is 0 Å². The van der Waals surface area contributed by atoms with E-state index in [0.717, 1.165) is 5.92 Å². The molecule has 0 radical (unpaired) electrons. The van der Waals surface area contributed by atoms with Gasteiger partial charge in [0.2, 0.25) is 0 Å². The van der Waals surface area contributed by atoms with Crippen LogP contribution in [0.2, 0.25) is 0 Å². The van der Waals surface area contributed by atoms with Crippen LogP contribution < -0.4 is 5.32 Å². The molecule has 17 heavy (non-hydrogen) atoms. The fraction of sp³-hybridized carbons (Fsp3) is 0.786. The highest BCUT2D eigenvalue weighted by atomic mass is 16.4. The zero-order valence-corrected chi connectivity index (χ0v) is 11.0. The Kier molecular flexibility index (Phi) is 6.27. The number of aliphatic carboxylic acids is 1. The Morgan fingerprint density at radius 3 is 2.65 bits per heavy atom. The molecule has 0 spiro atoms. The van der Waals surface area contributed by atoms with E-state index in [-0.39, 0.29) is 0 Å². The second kappa shape index (κ2) is 7.49. The largest absolute Gasteiger partial charge is 0.478 e. The van der Waals surface area contributed by atoms with E-state index < -0.39 is 5.97 Å². The first-order valence-corrected chi connectivity index (χ1v) is 6.84. The molecular formula is C14H25NO2.